The van der Waals surface area contributed by atoms with E-state index in [1.165, 1.54) is 0 Å². The zero-order valence-electron chi connectivity index (χ0n) is 9.80. The summed E-state index contributed by atoms with van der Waals surface area (Å²) in [6.45, 7) is 7.62. The van der Waals surface area contributed by atoms with Gasteiger partial charge in [-0.2, -0.15) is 0 Å². The van der Waals surface area contributed by atoms with Crippen LogP contribution in [0.15, 0.2) is 0 Å². The normalized spacial score (nSPS) is 14.9. The van der Waals surface area contributed by atoms with Crippen molar-refractivity contribution in [2.45, 2.75) is 33.6 Å². The fourth-order valence-corrected chi connectivity index (χ4v) is 1.13. The average molecular weight is 201 g/mol. The summed E-state index contributed by atoms with van der Waals surface area (Å²) < 4.78 is 5.15. The first-order chi connectivity index (χ1) is 6.60. The number of rotatable bonds is 7. The first-order valence-electron chi connectivity index (χ1n) is 5.40. The molecule has 0 aromatic carbocycles. The SMILES string of the molecule is CCC(C)CC(=O)OCC(C)CNC. The van der Waals surface area contributed by atoms with Crippen LogP contribution in [0.5, 0.6) is 0 Å². The van der Waals surface area contributed by atoms with E-state index in [0.717, 1.165) is 13.0 Å². The van der Waals surface area contributed by atoms with Crippen LogP contribution in [0, 0.1) is 11.8 Å². The Balaban J connectivity index is 3.53. The van der Waals surface area contributed by atoms with Crippen LogP contribution in [-0.4, -0.2) is 26.2 Å². The largest absolute Gasteiger partial charge is 0.465 e. The van der Waals surface area contributed by atoms with Crippen molar-refractivity contribution >= 4 is 5.97 Å². The van der Waals surface area contributed by atoms with Gasteiger partial charge in [0.15, 0.2) is 0 Å². The summed E-state index contributed by atoms with van der Waals surface area (Å²) in [5, 5.41) is 3.05. The van der Waals surface area contributed by atoms with E-state index in [1.807, 2.05) is 7.05 Å². The van der Waals surface area contributed by atoms with Gasteiger partial charge in [-0.3, -0.25) is 4.79 Å². The van der Waals surface area contributed by atoms with E-state index in [1.54, 1.807) is 0 Å². The minimum absolute atomic E-state index is 0.0673. The molecule has 1 N–H and O–H groups in total. The Bertz CT molecular complexity index is 159. The van der Waals surface area contributed by atoms with Crippen molar-refractivity contribution < 1.29 is 9.53 Å². The molecule has 0 saturated carbocycles. The predicted octanol–water partition coefficient (Wildman–Crippen LogP) is 1.82. The minimum Gasteiger partial charge on any atom is -0.465 e. The lowest BCUT2D eigenvalue weighted by molar-refractivity contribution is -0.145. The van der Waals surface area contributed by atoms with Crippen LogP contribution in [0.2, 0.25) is 0 Å². The van der Waals surface area contributed by atoms with Gasteiger partial charge in [0, 0.05) is 18.9 Å². The van der Waals surface area contributed by atoms with E-state index in [9.17, 15) is 4.79 Å². The molecule has 0 aromatic heterocycles. The molecule has 3 heteroatoms. The molecule has 0 rings (SSSR count). The van der Waals surface area contributed by atoms with Gasteiger partial charge >= 0.3 is 5.97 Å². The Kier molecular flexibility index (Phi) is 7.48. The van der Waals surface area contributed by atoms with Crippen molar-refractivity contribution in [3.63, 3.8) is 0 Å². The van der Waals surface area contributed by atoms with E-state index >= 15 is 0 Å². The Labute approximate surface area is 87.2 Å². The van der Waals surface area contributed by atoms with Gasteiger partial charge in [-0.25, -0.2) is 0 Å². The second kappa shape index (κ2) is 7.80. The first kappa shape index (κ1) is 13.4. The molecule has 2 unspecified atom stereocenters. The maximum Gasteiger partial charge on any atom is 0.306 e. The van der Waals surface area contributed by atoms with Gasteiger partial charge in [0.05, 0.1) is 6.61 Å². The molecule has 0 radical (unpaired) electrons. The lowest BCUT2D eigenvalue weighted by Gasteiger charge is -2.12. The van der Waals surface area contributed by atoms with Gasteiger partial charge in [-0.1, -0.05) is 27.2 Å². The first-order valence-corrected chi connectivity index (χ1v) is 5.40. The van der Waals surface area contributed by atoms with Gasteiger partial charge in [-0.15, -0.1) is 0 Å². The fourth-order valence-electron chi connectivity index (χ4n) is 1.13. The van der Waals surface area contributed by atoms with Crippen LogP contribution in [0.1, 0.15) is 33.6 Å². The van der Waals surface area contributed by atoms with Crippen LogP contribution < -0.4 is 5.32 Å². The van der Waals surface area contributed by atoms with Crippen LogP contribution >= 0.6 is 0 Å². The predicted molar refractivity (Wildman–Crippen MR) is 58.1 cm³/mol. The molecular weight excluding hydrogens is 178 g/mol. The molecule has 0 aromatic rings. The number of carbonyl (C=O) groups excluding carboxylic acids is 1. The molecule has 0 aliphatic carbocycles. The molecule has 14 heavy (non-hydrogen) atoms. The Morgan fingerprint density at radius 2 is 2.00 bits per heavy atom. The van der Waals surface area contributed by atoms with E-state index in [2.05, 4.69) is 26.1 Å². The van der Waals surface area contributed by atoms with E-state index in [-0.39, 0.29) is 5.97 Å². The summed E-state index contributed by atoms with van der Waals surface area (Å²) in [6, 6.07) is 0. The summed E-state index contributed by atoms with van der Waals surface area (Å²) >= 11 is 0. The second-order valence-corrected chi connectivity index (χ2v) is 4.06. The molecule has 2 atom stereocenters. The number of ether oxygens (including phenoxy) is 1. The lowest BCUT2D eigenvalue weighted by atomic mass is 10.1. The number of nitrogens with one attached hydrogen (secondary N) is 1. The lowest BCUT2D eigenvalue weighted by Crippen LogP contribution is -2.22. The molecule has 3 nitrogen and oxygen atoms in total. The van der Waals surface area contributed by atoms with Crippen molar-refractivity contribution in [2.24, 2.45) is 11.8 Å². The third-order valence-electron chi connectivity index (χ3n) is 2.29. The summed E-state index contributed by atoms with van der Waals surface area (Å²) in [6.07, 6.45) is 1.57. The van der Waals surface area contributed by atoms with Crippen LogP contribution in [0.4, 0.5) is 0 Å². The topological polar surface area (TPSA) is 38.3 Å². The number of esters is 1. The third-order valence-corrected chi connectivity index (χ3v) is 2.29. The van der Waals surface area contributed by atoms with Crippen molar-refractivity contribution in [3.8, 4) is 0 Å². The maximum absolute atomic E-state index is 11.3. The molecule has 0 amide bonds. The van der Waals surface area contributed by atoms with Crippen molar-refractivity contribution in [3.05, 3.63) is 0 Å². The monoisotopic (exact) mass is 201 g/mol. The molecule has 0 heterocycles. The van der Waals surface area contributed by atoms with Gasteiger partial charge in [0.2, 0.25) is 0 Å². The van der Waals surface area contributed by atoms with Crippen LogP contribution in [0.25, 0.3) is 0 Å². The molecule has 0 aliphatic rings. The summed E-state index contributed by atoms with van der Waals surface area (Å²) in [5.41, 5.74) is 0. The Hall–Kier alpha value is -0.570. The van der Waals surface area contributed by atoms with Gasteiger partial charge in [0.25, 0.3) is 0 Å². The van der Waals surface area contributed by atoms with Crippen molar-refractivity contribution in [1.29, 1.82) is 0 Å². The zero-order chi connectivity index (χ0) is 11.0. The smallest absolute Gasteiger partial charge is 0.306 e. The Morgan fingerprint density at radius 1 is 1.36 bits per heavy atom. The highest BCUT2D eigenvalue weighted by atomic mass is 16.5. The summed E-state index contributed by atoms with van der Waals surface area (Å²) in [7, 11) is 1.90. The van der Waals surface area contributed by atoms with E-state index in [0.29, 0.717) is 24.9 Å². The number of carbonyl (C=O) groups is 1. The van der Waals surface area contributed by atoms with Gasteiger partial charge in [-0.05, 0) is 13.0 Å². The second-order valence-electron chi connectivity index (χ2n) is 4.06. The maximum atomic E-state index is 11.3. The van der Waals surface area contributed by atoms with Gasteiger partial charge in [0.1, 0.15) is 0 Å². The molecule has 0 bridgehead atoms. The number of hydrogen-bond donors (Lipinski definition) is 1. The van der Waals surface area contributed by atoms with Crippen molar-refractivity contribution in [2.75, 3.05) is 20.2 Å². The minimum atomic E-state index is -0.0673. The van der Waals surface area contributed by atoms with Crippen LogP contribution in [-0.2, 0) is 9.53 Å². The average Bonchev–Trinajstić information content (AvgIpc) is 2.15. The fraction of sp³-hybridized carbons (Fsp3) is 0.909. The quantitative estimate of drug-likeness (QED) is 0.639. The van der Waals surface area contributed by atoms with Crippen LogP contribution in [0.3, 0.4) is 0 Å². The van der Waals surface area contributed by atoms with E-state index < -0.39 is 0 Å². The molecular formula is C11H23NO2. The molecule has 0 spiro atoms. The summed E-state index contributed by atoms with van der Waals surface area (Å²) in [5.74, 6) is 0.755. The van der Waals surface area contributed by atoms with E-state index in [4.69, 9.17) is 4.74 Å². The highest BCUT2D eigenvalue weighted by Gasteiger charge is 2.10. The number of hydrogen-bond acceptors (Lipinski definition) is 3. The molecule has 84 valence electrons. The van der Waals surface area contributed by atoms with Crippen molar-refractivity contribution in [1.82, 2.24) is 5.32 Å². The molecule has 0 saturated heterocycles. The molecule has 0 aliphatic heterocycles. The standard InChI is InChI=1S/C11H23NO2/c1-5-9(2)6-11(13)14-8-10(3)7-12-4/h9-10,12H,5-8H2,1-4H3. The Morgan fingerprint density at radius 3 is 2.50 bits per heavy atom. The van der Waals surface area contributed by atoms with Gasteiger partial charge < -0.3 is 10.1 Å². The summed E-state index contributed by atoms with van der Waals surface area (Å²) in [4.78, 5) is 11.3. The highest BCUT2D eigenvalue weighted by Crippen LogP contribution is 2.07. The molecule has 0 fully saturated rings. The highest BCUT2D eigenvalue weighted by molar-refractivity contribution is 5.69. The zero-order valence-corrected chi connectivity index (χ0v) is 9.80. The third kappa shape index (κ3) is 6.89.